The van der Waals surface area contributed by atoms with Crippen LogP contribution in [0.4, 0.5) is 0 Å². The van der Waals surface area contributed by atoms with Gasteiger partial charge in [-0.3, -0.25) is 9.59 Å². The molecule has 0 N–H and O–H groups in total. The van der Waals surface area contributed by atoms with Crippen molar-refractivity contribution in [3.8, 4) is 0 Å². The van der Waals surface area contributed by atoms with E-state index in [4.69, 9.17) is 0 Å². The first-order valence-electron chi connectivity index (χ1n) is 3.39. The fourth-order valence-electron chi connectivity index (χ4n) is 1.29. The number of carbonyl (C=O) groups is 2. The topological polar surface area (TPSA) is 43.4 Å². The molecule has 0 unspecified atom stereocenters. The third-order valence-electron chi connectivity index (χ3n) is 1.88. The number of esters is 2. The quantitative estimate of drug-likeness (QED) is 0.371. The summed E-state index contributed by atoms with van der Waals surface area (Å²) in [7, 11) is 0. The molecule has 0 spiro atoms. The number of fused-ring (bicyclic) bond motifs is 1. The van der Waals surface area contributed by atoms with Crippen LogP contribution in [0.5, 0.6) is 0 Å². The third kappa shape index (κ3) is 0.808. The minimum Gasteiger partial charge on any atom is -0.392 e. The van der Waals surface area contributed by atoms with E-state index < -0.39 is 11.9 Å². The molecule has 1 aliphatic carbocycles. The molecule has 1 heterocycles. The van der Waals surface area contributed by atoms with Crippen LogP contribution < -0.4 is 0 Å². The van der Waals surface area contributed by atoms with Gasteiger partial charge in [0.15, 0.2) is 0 Å². The van der Waals surface area contributed by atoms with Gasteiger partial charge in [0.05, 0.1) is 11.8 Å². The molecule has 2 atom stereocenters. The number of rotatable bonds is 0. The maximum absolute atomic E-state index is 10.9. The Morgan fingerprint density at radius 3 is 1.91 bits per heavy atom. The Bertz CT molecular complexity index is 247. The molecule has 0 bridgehead atoms. The number of carbonyl (C=O) groups excluding carboxylic acids is 2. The lowest BCUT2D eigenvalue weighted by molar-refractivity contribution is -0.153. The highest BCUT2D eigenvalue weighted by Crippen LogP contribution is 2.28. The fourth-order valence-corrected chi connectivity index (χ4v) is 1.29. The van der Waals surface area contributed by atoms with Crippen molar-refractivity contribution < 1.29 is 14.3 Å². The summed E-state index contributed by atoms with van der Waals surface area (Å²) < 4.78 is 4.43. The molecule has 0 aromatic heterocycles. The van der Waals surface area contributed by atoms with E-state index in [0.717, 1.165) is 0 Å². The second-order valence-corrected chi connectivity index (χ2v) is 2.56. The highest BCUT2D eigenvalue weighted by Gasteiger charge is 2.41. The normalized spacial score (nSPS) is 33.8. The fraction of sp³-hybridized carbons (Fsp3) is 0.250. The number of cyclic esters (lactones) is 2. The Hall–Kier alpha value is -1.38. The van der Waals surface area contributed by atoms with E-state index in [-0.39, 0.29) is 11.8 Å². The van der Waals surface area contributed by atoms with Gasteiger partial charge in [-0.25, -0.2) is 0 Å². The summed E-state index contributed by atoms with van der Waals surface area (Å²) in [6, 6.07) is 0. The van der Waals surface area contributed by atoms with Gasteiger partial charge in [0.2, 0.25) is 0 Å². The molecule has 1 fully saturated rings. The smallest absolute Gasteiger partial charge is 0.321 e. The van der Waals surface area contributed by atoms with E-state index in [1.165, 1.54) is 0 Å². The average molecular weight is 150 g/mol. The Kier molecular flexibility index (Phi) is 1.18. The second kappa shape index (κ2) is 2.05. The van der Waals surface area contributed by atoms with Crippen LogP contribution >= 0.6 is 0 Å². The van der Waals surface area contributed by atoms with Gasteiger partial charge in [0.25, 0.3) is 0 Å². The van der Waals surface area contributed by atoms with Crippen LogP contribution in [0.3, 0.4) is 0 Å². The van der Waals surface area contributed by atoms with E-state index in [2.05, 4.69) is 4.74 Å². The summed E-state index contributed by atoms with van der Waals surface area (Å²) in [5.74, 6) is -1.60. The highest BCUT2D eigenvalue weighted by molar-refractivity contribution is 5.98. The molecule has 3 heteroatoms. The molecule has 1 aliphatic heterocycles. The summed E-state index contributed by atoms with van der Waals surface area (Å²) >= 11 is 0. The van der Waals surface area contributed by atoms with E-state index in [1.54, 1.807) is 24.3 Å². The zero-order valence-electron chi connectivity index (χ0n) is 5.69. The first-order valence-corrected chi connectivity index (χ1v) is 3.39. The highest BCUT2D eigenvalue weighted by atomic mass is 16.6. The van der Waals surface area contributed by atoms with Crippen LogP contribution in [0.2, 0.25) is 0 Å². The first kappa shape index (κ1) is 6.34. The maximum Gasteiger partial charge on any atom is 0.321 e. The second-order valence-electron chi connectivity index (χ2n) is 2.56. The molecule has 0 radical (unpaired) electrons. The van der Waals surface area contributed by atoms with Crippen molar-refractivity contribution in [2.75, 3.05) is 0 Å². The summed E-state index contributed by atoms with van der Waals surface area (Å²) in [6.07, 6.45) is 6.89. The van der Waals surface area contributed by atoms with Crippen molar-refractivity contribution in [2.45, 2.75) is 0 Å². The molecule has 0 aromatic carbocycles. The molecule has 2 aliphatic rings. The van der Waals surface area contributed by atoms with Gasteiger partial charge in [0, 0.05) is 0 Å². The molecule has 0 amide bonds. The van der Waals surface area contributed by atoms with Gasteiger partial charge < -0.3 is 4.74 Å². The molecule has 11 heavy (non-hydrogen) atoms. The zero-order valence-corrected chi connectivity index (χ0v) is 5.69. The largest absolute Gasteiger partial charge is 0.392 e. The monoisotopic (exact) mass is 150 g/mol. The van der Waals surface area contributed by atoms with Gasteiger partial charge in [-0.05, 0) is 0 Å². The minimum absolute atomic E-state index is 0.368. The number of ether oxygens (including phenoxy) is 1. The molecular formula is C8H6O3. The lowest BCUT2D eigenvalue weighted by atomic mass is 9.91. The van der Waals surface area contributed by atoms with Crippen LogP contribution in [0.25, 0.3) is 0 Å². The van der Waals surface area contributed by atoms with E-state index in [9.17, 15) is 9.59 Å². The number of hydrogen-bond donors (Lipinski definition) is 0. The minimum atomic E-state index is -0.430. The number of allylic oxidation sites excluding steroid dienone is 2. The van der Waals surface area contributed by atoms with Gasteiger partial charge in [-0.15, -0.1) is 0 Å². The summed E-state index contributed by atoms with van der Waals surface area (Å²) in [6.45, 7) is 0. The zero-order chi connectivity index (χ0) is 7.84. The molecule has 3 nitrogen and oxygen atoms in total. The molecule has 0 saturated carbocycles. The summed E-state index contributed by atoms with van der Waals surface area (Å²) in [5, 5.41) is 0. The van der Waals surface area contributed by atoms with Crippen LogP contribution in [-0.2, 0) is 14.3 Å². The van der Waals surface area contributed by atoms with Gasteiger partial charge >= 0.3 is 11.9 Å². The van der Waals surface area contributed by atoms with Crippen LogP contribution in [0.1, 0.15) is 0 Å². The van der Waals surface area contributed by atoms with Crippen LogP contribution in [0.15, 0.2) is 24.3 Å². The molecule has 56 valence electrons. The van der Waals surface area contributed by atoms with Crippen molar-refractivity contribution in [3.05, 3.63) is 24.3 Å². The Labute approximate surface area is 63.3 Å². The van der Waals surface area contributed by atoms with Crippen LogP contribution in [-0.4, -0.2) is 11.9 Å². The molecule has 0 aromatic rings. The lowest BCUT2D eigenvalue weighted by Crippen LogP contribution is -2.14. The van der Waals surface area contributed by atoms with E-state index >= 15 is 0 Å². The SMILES string of the molecule is O=C1OC(=O)[C@H]2C=CC=C[C@H]12. The number of hydrogen-bond acceptors (Lipinski definition) is 3. The summed E-state index contributed by atoms with van der Waals surface area (Å²) in [4.78, 5) is 21.8. The van der Waals surface area contributed by atoms with Crippen LogP contribution in [0, 0.1) is 11.8 Å². The Morgan fingerprint density at radius 2 is 1.45 bits per heavy atom. The van der Waals surface area contributed by atoms with Crippen molar-refractivity contribution in [2.24, 2.45) is 11.8 Å². The van der Waals surface area contributed by atoms with E-state index in [0.29, 0.717) is 0 Å². The Morgan fingerprint density at radius 1 is 1.00 bits per heavy atom. The van der Waals surface area contributed by atoms with Crippen molar-refractivity contribution in [3.63, 3.8) is 0 Å². The van der Waals surface area contributed by atoms with Crippen molar-refractivity contribution in [1.82, 2.24) is 0 Å². The van der Waals surface area contributed by atoms with Gasteiger partial charge in [-0.2, -0.15) is 0 Å². The average Bonchev–Trinajstić information content (AvgIpc) is 2.30. The van der Waals surface area contributed by atoms with Gasteiger partial charge in [0.1, 0.15) is 0 Å². The lowest BCUT2D eigenvalue weighted by Gasteiger charge is -2.06. The Balaban J connectivity index is 2.37. The van der Waals surface area contributed by atoms with E-state index in [1.807, 2.05) is 0 Å². The van der Waals surface area contributed by atoms with Crippen molar-refractivity contribution >= 4 is 11.9 Å². The summed E-state index contributed by atoms with van der Waals surface area (Å²) in [5.41, 5.74) is 0. The van der Waals surface area contributed by atoms with Gasteiger partial charge in [-0.1, -0.05) is 24.3 Å². The predicted octanol–water partition coefficient (Wildman–Crippen LogP) is 0.428. The molecule has 1 saturated heterocycles. The first-order chi connectivity index (χ1) is 5.29. The molecular weight excluding hydrogens is 144 g/mol. The maximum atomic E-state index is 10.9. The third-order valence-corrected chi connectivity index (χ3v) is 1.88. The predicted molar refractivity (Wildman–Crippen MR) is 36.4 cm³/mol. The standard InChI is InChI=1S/C8H6O3/c9-7-5-3-1-2-4-6(5)8(10)11-7/h1-6H/t5-,6-/m0/s1. The van der Waals surface area contributed by atoms with Crippen molar-refractivity contribution in [1.29, 1.82) is 0 Å². The molecule has 2 rings (SSSR count).